The topological polar surface area (TPSA) is 108 Å². The number of nitrogens with one attached hydrogen (secondary N) is 1. The molecular weight excluding hydrogens is 328 g/mol. The zero-order chi connectivity index (χ0) is 18.7. The number of carbonyl (C=O) groups is 2. The van der Waals surface area contributed by atoms with E-state index in [2.05, 4.69) is 5.32 Å². The molecule has 1 heterocycles. The standard InChI is InChI=1S/C17H18N2O6/c1-9-13(16(20)24-3)15(14(10(2)18-9)17(21)25-4)11-7-5-6-8-12(11)19(22)23/h5-8,15,18H,1-4H3/p+1. The van der Waals surface area contributed by atoms with Crippen LogP contribution in [0.3, 0.4) is 0 Å². The maximum atomic E-state index is 12.3. The van der Waals surface area contributed by atoms with Crippen molar-refractivity contribution in [1.82, 2.24) is 5.32 Å². The quantitative estimate of drug-likeness (QED) is 0.506. The van der Waals surface area contributed by atoms with E-state index in [0.29, 0.717) is 11.4 Å². The number of benzene rings is 1. The van der Waals surface area contributed by atoms with E-state index in [9.17, 15) is 19.7 Å². The van der Waals surface area contributed by atoms with Crippen LogP contribution in [-0.4, -0.2) is 31.1 Å². The van der Waals surface area contributed by atoms with Crippen molar-refractivity contribution in [2.75, 3.05) is 14.2 Å². The second-order valence-corrected chi connectivity index (χ2v) is 5.43. The van der Waals surface area contributed by atoms with Gasteiger partial charge in [0.1, 0.15) is 0 Å². The summed E-state index contributed by atoms with van der Waals surface area (Å²) in [6, 6.07) is 5.97. The molecule has 1 aromatic carbocycles. The molecular formula is C17H19N2O6+. The molecule has 0 aromatic heterocycles. The number of hydrogen-bond acceptors (Lipinski definition) is 7. The summed E-state index contributed by atoms with van der Waals surface area (Å²) in [6.07, 6.45) is 0. The van der Waals surface area contributed by atoms with Crippen LogP contribution in [0.15, 0.2) is 46.8 Å². The third-order valence-corrected chi connectivity index (χ3v) is 4.02. The van der Waals surface area contributed by atoms with Crippen molar-refractivity contribution in [3.8, 4) is 0 Å². The van der Waals surface area contributed by atoms with E-state index in [0.717, 1.165) is 0 Å². The molecule has 0 unspecified atom stereocenters. The van der Waals surface area contributed by atoms with E-state index in [1.54, 1.807) is 19.9 Å². The Hall–Kier alpha value is -3.16. The van der Waals surface area contributed by atoms with Gasteiger partial charge in [-0.05, 0) is 13.8 Å². The molecule has 8 nitrogen and oxygen atoms in total. The molecule has 0 atom stereocenters. The first-order valence-electron chi connectivity index (χ1n) is 7.42. The molecule has 0 amide bonds. The third kappa shape index (κ3) is 3.23. The summed E-state index contributed by atoms with van der Waals surface area (Å²) in [7, 11) is 2.42. The Kier molecular flexibility index (Phi) is 5.21. The van der Waals surface area contributed by atoms with Crippen LogP contribution < -0.4 is 5.32 Å². The first-order chi connectivity index (χ1) is 11.8. The smallest absolute Gasteiger partial charge is 0.466 e. The SMILES string of the molecule is COC(=O)C1=C(C)NC(C)=C(C(=O)OC)C1c1ccccc1[N+](=O)[O-].[H+]. The minimum Gasteiger partial charge on any atom is -0.466 e. The average Bonchev–Trinajstić information content (AvgIpc) is 2.59. The van der Waals surface area contributed by atoms with Gasteiger partial charge in [-0.2, -0.15) is 0 Å². The predicted molar refractivity (Wildman–Crippen MR) is 89.5 cm³/mol. The number of carbonyl (C=O) groups excluding carboxylic acids is 2. The van der Waals surface area contributed by atoms with Crippen molar-refractivity contribution in [2.45, 2.75) is 19.8 Å². The Labute approximate surface area is 145 Å². The fourth-order valence-electron chi connectivity index (χ4n) is 2.96. The second kappa shape index (κ2) is 7.16. The van der Waals surface area contributed by atoms with Crippen molar-refractivity contribution < 1.29 is 25.4 Å². The van der Waals surface area contributed by atoms with Crippen LogP contribution >= 0.6 is 0 Å². The van der Waals surface area contributed by atoms with Gasteiger partial charge in [-0.15, -0.1) is 0 Å². The molecule has 0 bridgehead atoms. The number of para-hydroxylation sites is 1. The highest BCUT2D eigenvalue weighted by molar-refractivity contribution is 6.00. The summed E-state index contributed by atoms with van der Waals surface area (Å²) in [5, 5.41) is 14.4. The van der Waals surface area contributed by atoms with Crippen molar-refractivity contribution in [3.63, 3.8) is 0 Å². The van der Waals surface area contributed by atoms with Crippen molar-refractivity contribution in [2.24, 2.45) is 0 Å². The summed E-state index contributed by atoms with van der Waals surface area (Å²) >= 11 is 0. The van der Waals surface area contributed by atoms with E-state index in [1.807, 2.05) is 0 Å². The van der Waals surface area contributed by atoms with Gasteiger partial charge >= 0.3 is 13.4 Å². The molecule has 1 aliphatic heterocycles. The Bertz CT molecular complexity index is 777. The molecule has 132 valence electrons. The molecule has 0 fully saturated rings. The second-order valence-electron chi connectivity index (χ2n) is 5.43. The first-order valence-corrected chi connectivity index (χ1v) is 7.42. The lowest BCUT2D eigenvalue weighted by molar-refractivity contribution is -0.385. The normalized spacial score (nSPS) is 14.9. The summed E-state index contributed by atoms with van der Waals surface area (Å²) in [5.74, 6) is -2.33. The van der Waals surface area contributed by atoms with Gasteiger partial charge in [0.15, 0.2) is 0 Å². The molecule has 0 aliphatic carbocycles. The first kappa shape index (κ1) is 18.2. The minimum atomic E-state index is -0.970. The van der Waals surface area contributed by atoms with Crippen molar-refractivity contribution in [3.05, 3.63) is 62.5 Å². The Morgan fingerprint density at radius 3 is 2.00 bits per heavy atom. The van der Waals surface area contributed by atoms with E-state index in [4.69, 9.17) is 9.47 Å². The monoisotopic (exact) mass is 347 g/mol. The van der Waals surface area contributed by atoms with Gasteiger partial charge in [0.2, 0.25) is 0 Å². The predicted octanol–water partition coefficient (Wildman–Crippen LogP) is 2.29. The van der Waals surface area contributed by atoms with Crippen LogP contribution in [0.4, 0.5) is 5.69 Å². The van der Waals surface area contributed by atoms with Crippen molar-refractivity contribution in [1.29, 1.82) is 0 Å². The fraction of sp³-hybridized carbons (Fsp3) is 0.294. The van der Waals surface area contributed by atoms with Crippen LogP contribution in [0.5, 0.6) is 0 Å². The number of methoxy groups -OCH3 is 2. The van der Waals surface area contributed by atoms with Crippen LogP contribution in [0.2, 0.25) is 0 Å². The molecule has 8 heteroatoms. The largest absolute Gasteiger partial charge is 1.00 e. The van der Waals surface area contributed by atoms with Crippen LogP contribution in [0.25, 0.3) is 0 Å². The fourth-order valence-corrected chi connectivity index (χ4v) is 2.96. The Balaban J connectivity index is 0.00000338. The summed E-state index contributed by atoms with van der Waals surface area (Å²) in [4.78, 5) is 35.6. The van der Waals surface area contributed by atoms with E-state index in [1.165, 1.54) is 32.4 Å². The Morgan fingerprint density at radius 2 is 1.56 bits per heavy atom. The number of allylic oxidation sites excluding steroid dienone is 2. The minimum absolute atomic E-state index is 0. The lowest BCUT2D eigenvalue weighted by Gasteiger charge is -2.29. The highest BCUT2D eigenvalue weighted by atomic mass is 16.6. The van der Waals surface area contributed by atoms with Gasteiger partial charge in [-0.25, -0.2) is 9.59 Å². The highest BCUT2D eigenvalue weighted by Crippen LogP contribution is 2.42. The van der Waals surface area contributed by atoms with Gasteiger partial charge in [-0.3, -0.25) is 10.1 Å². The molecule has 25 heavy (non-hydrogen) atoms. The number of dihydropyridines is 1. The number of ether oxygens (including phenoxy) is 2. The zero-order valence-electron chi connectivity index (χ0n) is 15.3. The van der Waals surface area contributed by atoms with Crippen LogP contribution in [0.1, 0.15) is 26.8 Å². The third-order valence-electron chi connectivity index (χ3n) is 4.02. The lowest BCUT2D eigenvalue weighted by Crippen LogP contribution is -2.32. The number of nitrogens with zero attached hydrogens (tertiary/aromatic N) is 1. The van der Waals surface area contributed by atoms with Gasteiger partial charge < -0.3 is 14.8 Å². The molecule has 2 rings (SSSR count). The number of esters is 2. The summed E-state index contributed by atoms with van der Waals surface area (Å²) in [6.45, 7) is 3.29. The van der Waals surface area contributed by atoms with E-state index < -0.39 is 22.8 Å². The number of nitro benzene ring substituents is 1. The molecule has 1 aromatic rings. The number of nitro groups is 1. The molecule has 0 saturated heterocycles. The Morgan fingerprint density at radius 1 is 1.08 bits per heavy atom. The highest BCUT2D eigenvalue weighted by Gasteiger charge is 2.40. The van der Waals surface area contributed by atoms with Crippen LogP contribution in [-0.2, 0) is 19.1 Å². The average molecular weight is 347 g/mol. The summed E-state index contributed by atoms with van der Waals surface area (Å²) < 4.78 is 9.66. The number of rotatable bonds is 4. The molecule has 1 N–H and O–H groups in total. The zero-order valence-corrected chi connectivity index (χ0v) is 14.3. The maximum Gasteiger partial charge on any atom is 1.00 e. The van der Waals surface area contributed by atoms with E-state index >= 15 is 0 Å². The van der Waals surface area contributed by atoms with Crippen LogP contribution in [0, 0.1) is 10.1 Å². The molecule has 1 aliphatic rings. The number of hydrogen-bond donors (Lipinski definition) is 1. The van der Waals surface area contributed by atoms with Crippen molar-refractivity contribution >= 4 is 17.6 Å². The molecule has 0 spiro atoms. The van der Waals surface area contributed by atoms with E-state index in [-0.39, 0.29) is 23.8 Å². The molecule has 0 radical (unpaired) electrons. The molecule has 0 saturated carbocycles. The summed E-state index contributed by atoms with van der Waals surface area (Å²) in [5.41, 5.74) is 1.19. The van der Waals surface area contributed by atoms with Gasteiger partial charge in [-0.1, -0.05) is 18.2 Å². The van der Waals surface area contributed by atoms with Gasteiger partial charge in [0.05, 0.1) is 36.2 Å². The lowest BCUT2D eigenvalue weighted by atomic mass is 9.79. The van der Waals surface area contributed by atoms with Gasteiger partial charge in [0, 0.05) is 23.0 Å². The maximum absolute atomic E-state index is 12.3. The van der Waals surface area contributed by atoms with Gasteiger partial charge in [0.25, 0.3) is 5.69 Å².